The van der Waals surface area contributed by atoms with Crippen molar-refractivity contribution < 1.29 is 0 Å². The Morgan fingerprint density at radius 2 is 2.05 bits per heavy atom. The SMILES string of the molecule is CCn1c(=O)n(CC#N)c2nc(Cl)nc(N3CCNCC3)c21. The van der Waals surface area contributed by atoms with E-state index >= 15 is 0 Å². The smallest absolute Gasteiger partial charge is 0.331 e. The van der Waals surface area contributed by atoms with Crippen molar-refractivity contribution in [1.29, 1.82) is 5.26 Å². The largest absolute Gasteiger partial charge is 0.352 e. The third-order valence-electron chi connectivity index (χ3n) is 3.77. The molecule has 3 heterocycles. The summed E-state index contributed by atoms with van der Waals surface area (Å²) in [6.45, 7) is 5.56. The fourth-order valence-corrected chi connectivity index (χ4v) is 2.93. The maximum Gasteiger partial charge on any atom is 0.331 e. The first-order valence-electron chi connectivity index (χ1n) is 7.16. The number of halogens is 1. The van der Waals surface area contributed by atoms with Crippen molar-refractivity contribution in [1.82, 2.24) is 24.4 Å². The summed E-state index contributed by atoms with van der Waals surface area (Å²) in [5.41, 5.74) is 0.808. The molecular formula is C13H16ClN7O. The first-order chi connectivity index (χ1) is 10.7. The first-order valence-corrected chi connectivity index (χ1v) is 7.54. The Morgan fingerprint density at radius 1 is 1.32 bits per heavy atom. The molecule has 22 heavy (non-hydrogen) atoms. The minimum atomic E-state index is -0.257. The molecule has 1 fully saturated rings. The van der Waals surface area contributed by atoms with Crippen LogP contribution in [0.1, 0.15) is 6.92 Å². The highest BCUT2D eigenvalue weighted by Gasteiger charge is 2.23. The highest BCUT2D eigenvalue weighted by Crippen LogP contribution is 2.25. The van der Waals surface area contributed by atoms with Gasteiger partial charge in [0, 0.05) is 32.7 Å². The zero-order valence-electron chi connectivity index (χ0n) is 12.2. The van der Waals surface area contributed by atoms with Gasteiger partial charge < -0.3 is 10.2 Å². The molecule has 8 nitrogen and oxygen atoms in total. The van der Waals surface area contributed by atoms with Crippen LogP contribution in [0.25, 0.3) is 11.2 Å². The van der Waals surface area contributed by atoms with E-state index in [2.05, 4.69) is 20.2 Å². The predicted octanol–water partition coefficient (Wildman–Crippen LogP) is 0.199. The molecule has 116 valence electrons. The van der Waals surface area contributed by atoms with Gasteiger partial charge in [-0.3, -0.25) is 9.13 Å². The van der Waals surface area contributed by atoms with Gasteiger partial charge in [0.1, 0.15) is 12.1 Å². The van der Waals surface area contributed by atoms with Gasteiger partial charge in [0.05, 0.1) is 6.07 Å². The molecule has 9 heteroatoms. The van der Waals surface area contributed by atoms with E-state index in [-0.39, 0.29) is 17.5 Å². The molecule has 0 amide bonds. The fourth-order valence-electron chi connectivity index (χ4n) is 2.77. The molecule has 0 atom stereocenters. The highest BCUT2D eigenvalue weighted by molar-refractivity contribution is 6.28. The molecule has 0 saturated carbocycles. The molecule has 3 rings (SSSR count). The van der Waals surface area contributed by atoms with Gasteiger partial charge in [-0.2, -0.15) is 15.2 Å². The standard InChI is InChI=1S/C13H16ClN7O/c1-2-20-9-10(19-7-4-16-5-8-19)17-12(14)18-11(9)21(6-3-15)13(20)22/h16H,2,4-8H2,1H3. The van der Waals surface area contributed by atoms with Crippen LogP contribution in [0.2, 0.25) is 5.28 Å². The molecule has 1 aliphatic heterocycles. The number of piperazine rings is 1. The van der Waals surface area contributed by atoms with E-state index in [4.69, 9.17) is 16.9 Å². The van der Waals surface area contributed by atoms with E-state index in [9.17, 15) is 4.79 Å². The van der Waals surface area contributed by atoms with Crippen LogP contribution in [-0.2, 0) is 13.1 Å². The van der Waals surface area contributed by atoms with Crippen LogP contribution >= 0.6 is 11.6 Å². The van der Waals surface area contributed by atoms with Crippen LogP contribution in [0.15, 0.2) is 4.79 Å². The predicted molar refractivity (Wildman–Crippen MR) is 83.2 cm³/mol. The van der Waals surface area contributed by atoms with Crippen molar-refractivity contribution in [2.45, 2.75) is 20.0 Å². The third kappa shape index (κ3) is 2.32. The van der Waals surface area contributed by atoms with Gasteiger partial charge >= 0.3 is 5.69 Å². The molecule has 0 spiro atoms. The van der Waals surface area contributed by atoms with Crippen molar-refractivity contribution in [3.05, 3.63) is 15.8 Å². The maximum atomic E-state index is 12.5. The number of rotatable bonds is 3. The minimum Gasteiger partial charge on any atom is -0.352 e. The number of aryl methyl sites for hydroxylation is 1. The van der Waals surface area contributed by atoms with E-state index in [0.29, 0.717) is 23.5 Å². The minimum absolute atomic E-state index is 0.0589. The number of hydrogen-bond donors (Lipinski definition) is 1. The summed E-state index contributed by atoms with van der Waals surface area (Å²) in [4.78, 5) is 23.1. The van der Waals surface area contributed by atoms with Crippen LogP contribution in [-0.4, -0.2) is 45.3 Å². The summed E-state index contributed by atoms with van der Waals surface area (Å²) < 4.78 is 2.94. The van der Waals surface area contributed by atoms with E-state index in [0.717, 1.165) is 26.2 Å². The fraction of sp³-hybridized carbons (Fsp3) is 0.538. The normalized spacial score (nSPS) is 15.2. The van der Waals surface area contributed by atoms with Gasteiger partial charge in [-0.25, -0.2) is 4.79 Å². The summed E-state index contributed by atoms with van der Waals surface area (Å²) in [5.74, 6) is 0.659. The Kier molecular flexibility index (Phi) is 4.00. The van der Waals surface area contributed by atoms with Gasteiger partial charge in [0.15, 0.2) is 11.5 Å². The summed E-state index contributed by atoms with van der Waals surface area (Å²) in [5, 5.41) is 12.3. The number of anilines is 1. The third-order valence-corrected chi connectivity index (χ3v) is 3.94. The molecule has 2 aromatic rings. The first kappa shape index (κ1) is 14.8. The van der Waals surface area contributed by atoms with Gasteiger partial charge in [-0.1, -0.05) is 0 Å². The molecule has 0 aromatic carbocycles. The molecule has 0 unspecified atom stereocenters. The van der Waals surface area contributed by atoms with Crippen molar-refractivity contribution >= 4 is 28.6 Å². The molecule has 1 N–H and O–H groups in total. The second-order valence-corrected chi connectivity index (χ2v) is 5.33. The van der Waals surface area contributed by atoms with Gasteiger partial charge in [0.2, 0.25) is 5.28 Å². The van der Waals surface area contributed by atoms with Gasteiger partial charge in [-0.05, 0) is 18.5 Å². The Balaban J connectivity index is 2.30. The van der Waals surface area contributed by atoms with Crippen molar-refractivity contribution in [2.24, 2.45) is 0 Å². The lowest BCUT2D eigenvalue weighted by atomic mass is 10.3. The number of nitrogens with zero attached hydrogens (tertiary/aromatic N) is 6. The number of nitriles is 1. The van der Waals surface area contributed by atoms with E-state index < -0.39 is 0 Å². The number of hydrogen-bond acceptors (Lipinski definition) is 6. The molecule has 1 saturated heterocycles. The Labute approximate surface area is 131 Å². The quantitative estimate of drug-likeness (QED) is 0.812. The molecule has 1 aliphatic rings. The number of imidazole rings is 1. The van der Waals surface area contributed by atoms with Gasteiger partial charge in [-0.15, -0.1) is 0 Å². The number of nitrogens with one attached hydrogen (secondary N) is 1. The second-order valence-electron chi connectivity index (χ2n) is 5.00. The molecule has 0 aliphatic carbocycles. The highest BCUT2D eigenvalue weighted by atomic mass is 35.5. The van der Waals surface area contributed by atoms with Crippen LogP contribution in [0.4, 0.5) is 5.82 Å². The lowest BCUT2D eigenvalue weighted by Crippen LogP contribution is -2.44. The summed E-state index contributed by atoms with van der Waals surface area (Å²) in [7, 11) is 0. The average molecular weight is 322 g/mol. The molecule has 0 bridgehead atoms. The van der Waals surface area contributed by atoms with Crippen molar-refractivity contribution in [3.8, 4) is 6.07 Å². The number of aromatic nitrogens is 4. The molecule has 2 aromatic heterocycles. The summed E-state index contributed by atoms with van der Waals surface area (Å²) in [6, 6.07) is 2.00. The lowest BCUT2D eigenvalue weighted by molar-refractivity contribution is 0.584. The Bertz CT molecular complexity index is 797. The zero-order chi connectivity index (χ0) is 15.7. The van der Waals surface area contributed by atoms with E-state index in [1.165, 1.54) is 4.57 Å². The maximum absolute atomic E-state index is 12.5. The van der Waals surface area contributed by atoms with E-state index in [1.54, 1.807) is 4.57 Å². The Morgan fingerprint density at radius 3 is 2.68 bits per heavy atom. The number of fused-ring (bicyclic) bond motifs is 1. The average Bonchev–Trinajstić information content (AvgIpc) is 2.80. The van der Waals surface area contributed by atoms with Crippen LogP contribution < -0.4 is 15.9 Å². The molecule has 0 radical (unpaired) electrons. The van der Waals surface area contributed by atoms with Gasteiger partial charge in [0.25, 0.3) is 0 Å². The monoisotopic (exact) mass is 321 g/mol. The summed E-state index contributed by atoms with van der Waals surface area (Å²) >= 11 is 6.05. The molecular weight excluding hydrogens is 306 g/mol. The van der Waals surface area contributed by atoms with Crippen molar-refractivity contribution in [3.63, 3.8) is 0 Å². The summed E-state index contributed by atoms with van der Waals surface area (Å²) in [6.07, 6.45) is 0. The van der Waals surface area contributed by atoms with E-state index in [1.807, 2.05) is 13.0 Å². The lowest BCUT2D eigenvalue weighted by Gasteiger charge is -2.28. The van der Waals surface area contributed by atoms with Crippen LogP contribution in [0, 0.1) is 11.3 Å². The van der Waals surface area contributed by atoms with Crippen LogP contribution in [0.3, 0.4) is 0 Å². The van der Waals surface area contributed by atoms with Crippen molar-refractivity contribution in [2.75, 3.05) is 31.1 Å². The topological polar surface area (TPSA) is 91.8 Å². The second kappa shape index (κ2) is 5.94. The van der Waals surface area contributed by atoms with Crippen LogP contribution in [0.5, 0.6) is 0 Å². The Hall–Kier alpha value is -2.11. The zero-order valence-corrected chi connectivity index (χ0v) is 13.0.